The van der Waals surface area contributed by atoms with Crippen molar-refractivity contribution in [1.29, 1.82) is 0 Å². The lowest BCUT2D eigenvalue weighted by molar-refractivity contribution is 0.0698. The lowest BCUT2D eigenvalue weighted by Gasteiger charge is -2.30. The highest BCUT2D eigenvalue weighted by Gasteiger charge is 2.35. The predicted molar refractivity (Wildman–Crippen MR) is 77.7 cm³/mol. The molecule has 1 amide bonds. The second kappa shape index (κ2) is 6.02. The van der Waals surface area contributed by atoms with Crippen molar-refractivity contribution in [2.75, 3.05) is 19.6 Å². The third-order valence-corrected chi connectivity index (χ3v) is 4.35. The fourth-order valence-electron chi connectivity index (χ4n) is 2.97. The molecule has 0 aromatic heterocycles. The summed E-state index contributed by atoms with van der Waals surface area (Å²) in [6.45, 7) is 2.74. The summed E-state index contributed by atoms with van der Waals surface area (Å²) in [4.78, 5) is 14.5. The van der Waals surface area contributed by atoms with E-state index in [2.05, 4.69) is 5.32 Å². The van der Waals surface area contributed by atoms with Crippen LogP contribution in [-0.4, -0.2) is 41.6 Å². The first kappa shape index (κ1) is 14.3. The number of piperidine rings is 1. The second-order valence-corrected chi connectivity index (χ2v) is 6.04. The first-order valence-electron chi connectivity index (χ1n) is 7.65. The van der Waals surface area contributed by atoms with Crippen molar-refractivity contribution in [1.82, 2.24) is 10.2 Å². The van der Waals surface area contributed by atoms with Crippen molar-refractivity contribution in [2.45, 2.75) is 31.7 Å². The Morgan fingerprint density at radius 1 is 1.29 bits per heavy atom. The number of benzene rings is 1. The summed E-state index contributed by atoms with van der Waals surface area (Å²) in [5, 5.41) is 13.1. The maximum atomic E-state index is 13.1. The molecule has 0 radical (unpaired) electrons. The van der Waals surface area contributed by atoms with Crippen LogP contribution in [0.1, 0.15) is 36.0 Å². The van der Waals surface area contributed by atoms with E-state index in [0.717, 1.165) is 51.4 Å². The number of rotatable bonds is 4. The summed E-state index contributed by atoms with van der Waals surface area (Å²) in [5.74, 6) is -0.455. The van der Waals surface area contributed by atoms with Gasteiger partial charge in [-0.05, 0) is 56.8 Å². The highest BCUT2D eigenvalue weighted by Crippen LogP contribution is 2.32. The molecule has 1 aliphatic carbocycles. The Kier molecular flexibility index (Phi) is 4.10. The topological polar surface area (TPSA) is 52.6 Å². The lowest BCUT2D eigenvalue weighted by atomic mass is 9.97. The summed E-state index contributed by atoms with van der Waals surface area (Å²) in [5.41, 5.74) is 0.206. The molecule has 0 unspecified atom stereocenters. The van der Waals surface area contributed by atoms with Gasteiger partial charge in [-0.15, -0.1) is 0 Å². The van der Waals surface area contributed by atoms with E-state index in [1.807, 2.05) is 4.90 Å². The molecule has 1 aliphatic heterocycles. The van der Waals surface area contributed by atoms with Crippen LogP contribution < -0.4 is 5.32 Å². The number of aromatic hydroxyl groups is 1. The minimum absolute atomic E-state index is 0.173. The molecular weight excluding hydrogens is 271 g/mol. The van der Waals surface area contributed by atoms with Gasteiger partial charge in [0.25, 0.3) is 5.91 Å². The Labute approximate surface area is 124 Å². The molecule has 2 fully saturated rings. The average Bonchev–Trinajstić information content (AvgIpc) is 3.30. The predicted octanol–water partition coefficient (Wildman–Crippen LogP) is 2.14. The van der Waals surface area contributed by atoms with Gasteiger partial charge in [0, 0.05) is 18.7 Å². The molecule has 4 nitrogen and oxygen atoms in total. The minimum Gasteiger partial charge on any atom is -0.507 e. The van der Waals surface area contributed by atoms with Crippen LogP contribution in [0.2, 0.25) is 0 Å². The second-order valence-electron chi connectivity index (χ2n) is 6.04. The molecule has 5 heteroatoms. The standard InChI is InChI=1S/C16H21FN2O2/c17-12-1-4-14(15(20)9-12)16(21)19(13-2-3-13)10-11-5-7-18-8-6-11/h1,4,9,11,13,18,20H,2-3,5-8,10H2. The molecule has 0 atom stereocenters. The molecule has 2 N–H and O–H groups in total. The van der Waals surface area contributed by atoms with Crippen LogP contribution >= 0.6 is 0 Å². The molecule has 1 saturated carbocycles. The van der Waals surface area contributed by atoms with Gasteiger partial charge in [0.1, 0.15) is 11.6 Å². The van der Waals surface area contributed by atoms with Crippen LogP contribution in [0.4, 0.5) is 4.39 Å². The molecule has 0 spiro atoms. The largest absolute Gasteiger partial charge is 0.507 e. The fraction of sp³-hybridized carbons (Fsp3) is 0.562. The molecule has 2 aliphatic rings. The van der Waals surface area contributed by atoms with Gasteiger partial charge in [-0.25, -0.2) is 4.39 Å². The van der Waals surface area contributed by atoms with Crippen molar-refractivity contribution in [2.24, 2.45) is 5.92 Å². The van der Waals surface area contributed by atoms with E-state index in [0.29, 0.717) is 5.92 Å². The number of phenolic OH excluding ortho intramolecular Hbond substituents is 1. The number of amides is 1. The summed E-state index contributed by atoms with van der Waals surface area (Å²) in [7, 11) is 0. The van der Waals surface area contributed by atoms with E-state index < -0.39 is 5.82 Å². The Balaban J connectivity index is 1.75. The zero-order chi connectivity index (χ0) is 14.8. The maximum absolute atomic E-state index is 13.1. The van der Waals surface area contributed by atoms with Gasteiger partial charge < -0.3 is 15.3 Å². The van der Waals surface area contributed by atoms with E-state index >= 15 is 0 Å². The van der Waals surface area contributed by atoms with E-state index in [1.165, 1.54) is 12.1 Å². The maximum Gasteiger partial charge on any atom is 0.257 e. The number of nitrogens with zero attached hydrogens (tertiary/aromatic N) is 1. The monoisotopic (exact) mass is 292 g/mol. The third kappa shape index (κ3) is 3.35. The van der Waals surface area contributed by atoms with Gasteiger partial charge in [0.05, 0.1) is 5.56 Å². The van der Waals surface area contributed by atoms with E-state index in [9.17, 15) is 14.3 Å². The highest BCUT2D eigenvalue weighted by molar-refractivity contribution is 5.97. The Morgan fingerprint density at radius 2 is 2.00 bits per heavy atom. The van der Waals surface area contributed by atoms with Crippen LogP contribution in [0.3, 0.4) is 0 Å². The van der Waals surface area contributed by atoms with Crippen LogP contribution in [0, 0.1) is 11.7 Å². The highest BCUT2D eigenvalue weighted by atomic mass is 19.1. The van der Waals surface area contributed by atoms with Gasteiger partial charge in [0.15, 0.2) is 0 Å². The summed E-state index contributed by atoms with van der Waals surface area (Å²) < 4.78 is 13.1. The summed E-state index contributed by atoms with van der Waals surface area (Å²) in [6, 6.07) is 3.90. The van der Waals surface area contributed by atoms with Gasteiger partial charge in [0.2, 0.25) is 0 Å². The van der Waals surface area contributed by atoms with Gasteiger partial charge in [-0.2, -0.15) is 0 Å². The van der Waals surface area contributed by atoms with Crippen molar-refractivity contribution in [3.8, 4) is 5.75 Å². The number of phenols is 1. The molecule has 1 aromatic rings. The lowest BCUT2D eigenvalue weighted by Crippen LogP contribution is -2.40. The van der Waals surface area contributed by atoms with Crippen molar-refractivity contribution >= 4 is 5.91 Å². The van der Waals surface area contributed by atoms with Gasteiger partial charge in [-0.1, -0.05) is 0 Å². The smallest absolute Gasteiger partial charge is 0.257 e. The minimum atomic E-state index is -0.527. The Bertz CT molecular complexity index is 525. The number of nitrogens with one attached hydrogen (secondary N) is 1. The molecule has 1 heterocycles. The molecule has 21 heavy (non-hydrogen) atoms. The number of hydrogen-bond acceptors (Lipinski definition) is 3. The zero-order valence-electron chi connectivity index (χ0n) is 12.0. The van der Waals surface area contributed by atoms with Crippen LogP contribution in [0.25, 0.3) is 0 Å². The van der Waals surface area contributed by atoms with E-state index in [1.54, 1.807) is 0 Å². The zero-order valence-corrected chi connectivity index (χ0v) is 12.0. The molecular formula is C16H21FN2O2. The summed E-state index contributed by atoms with van der Waals surface area (Å²) in [6.07, 6.45) is 4.20. The quantitative estimate of drug-likeness (QED) is 0.894. The van der Waals surface area contributed by atoms with Crippen molar-refractivity contribution in [3.63, 3.8) is 0 Å². The van der Waals surface area contributed by atoms with Crippen molar-refractivity contribution in [3.05, 3.63) is 29.6 Å². The molecule has 1 saturated heterocycles. The van der Waals surface area contributed by atoms with E-state index in [-0.39, 0.29) is 23.3 Å². The normalized spacial score (nSPS) is 19.5. The first-order chi connectivity index (χ1) is 10.1. The number of hydrogen-bond donors (Lipinski definition) is 2. The fourth-order valence-corrected chi connectivity index (χ4v) is 2.97. The molecule has 1 aromatic carbocycles. The first-order valence-corrected chi connectivity index (χ1v) is 7.65. The van der Waals surface area contributed by atoms with Gasteiger partial charge in [-0.3, -0.25) is 4.79 Å². The van der Waals surface area contributed by atoms with Crippen molar-refractivity contribution < 1.29 is 14.3 Å². The van der Waals surface area contributed by atoms with Crippen LogP contribution in [-0.2, 0) is 0 Å². The SMILES string of the molecule is O=C(c1ccc(F)cc1O)N(CC1CCNCC1)C1CC1. The molecule has 3 rings (SSSR count). The summed E-state index contributed by atoms with van der Waals surface area (Å²) >= 11 is 0. The Morgan fingerprint density at radius 3 is 2.62 bits per heavy atom. The number of halogens is 1. The average molecular weight is 292 g/mol. The number of carbonyl (C=O) groups is 1. The third-order valence-electron chi connectivity index (χ3n) is 4.35. The Hall–Kier alpha value is -1.62. The van der Waals surface area contributed by atoms with E-state index in [4.69, 9.17) is 0 Å². The molecule has 0 bridgehead atoms. The van der Waals surface area contributed by atoms with Crippen LogP contribution in [0.15, 0.2) is 18.2 Å². The van der Waals surface area contributed by atoms with Gasteiger partial charge >= 0.3 is 0 Å². The van der Waals surface area contributed by atoms with Crippen LogP contribution in [0.5, 0.6) is 5.75 Å². The number of carbonyl (C=O) groups excluding carboxylic acids is 1. The molecule has 114 valence electrons.